The summed E-state index contributed by atoms with van der Waals surface area (Å²) in [5, 5.41) is 0. The number of alkyl halides is 3. The van der Waals surface area contributed by atoms with Crippen LogP contribution in [0.3, 0.4) is 0 Å². The minimum atomic E-state index is -4.47. The van der Waals surface area contributed by atoms with Crippen molar-refractivity contribution in [1.82, 2.24) is 14.1 Å². The Bertz CT molecular complexity index is 1040. The fourth-order valence-corrected chi connectivity index (χ4v) is 5.13. The van der Waals surface area contributed by atoms with Gasteiger partial charge in [-0.05, 0) is 37.7 Å². The van der Waals surface area contributed by atoms with Gasteiger partial charge in [0.1, 0.15) is 0 Å². The molecule has 6 nitrogen and oxygen atoms in total. The molecular weight excluding hydrogens is 443 g/mol. The minimum absolute atomic E-state index is 0.0368. The van der Waals surface area contributed by atoms with Crippen LogP contribution in [0.4, 0.5) is 13.2 Å². The van der Waals surface area contributed by atoms with Crippen molar-refractivity contribution in [3.8, 4) is 0 Å². The molecule has 0 radical (unpaired) electrons. The first-order valence-electron chi connectivity index (χ1n) is 10.2. The molecule has 1 atom stereocenters. The monoisotopic (exact) mass is 469 g/mol. The Morgan fingerprint density at radius 1 is 1.00 bits per heavy atom. The van der Waals surface area contributed by atoms with Gasteiger partial charge >= 0.3 is 6.18 Å². The van der Waals surface area contributed by atoms with E-state index in [1.165, 1.54) is 34.6 Å². The second-order valence-electron chi connectivity index (χ2n) is 7.79. The van der Waals surface area contributed by atoms with E-state index in [2.05, 4.69) is 0 Å². The summed E-state index contributed by atoms with van der Waals surface area (Å²) in [6.45, 7) is 2.38. The van der Waals surface area contributed by atoms with Crippen LogP contribution in [0.15, 0.2) is 59.5 Å². The number of halogens is 3. The summed E-state index contributed by atoms with van der Waals surface area (Å²) in [5.41, 5.74) is -0.618. The van der Waals surface area contributed by atoms with Crippen LogP contribution < -0.4 is 0 Å². The number of nitrogens with zero attached hydrogens (tertiary/aromatic N) is 3. The maximum atomic E-state index is 13.3. The van der Waals surface area contributed by atoms with Gasteiger partial charge in [0, 0.05) is 32.7 Å². The molecule has 1 amide bonds. The van der Waals surface area contributed by atoms with E-state index in [9.17, 15) is 26.4 Å². The lowest BCUT2D eigenvalue weighted by Gasteiger charge is -2.37. The summed E-state index contributed by atoms with van der Waals surface area (Å²) < 4.78 is 66.6. The van der Waals surface area contributed by atoms with Crippen LogP contribution in [-0.2, 0) is 27.5 Å². The van der Waals surface area contributed by atoms with Crippen molar-refractivity contribution in [3.05, 3.63) is 65.7 Å². The number of hydrogen-bond donors (Lipinski definition) is 0. The number of sulfonamides is 1. The molecule has 2 aromatic rings. The summed E-state index contributed by atoms with van der Waals surface area (Å²) in [6, 6.07) is 12.8. The fourth-order valence-electron chi connectivity index (χ4n) is 3.68. The molecule has 32 heavy (non-hydrogen) atoms. The molecule has 1 aliphatic heterocycles. The molecule has 2 aromatic carbocycles. The van der Waals surface area contributed by atoms with Crippen molar-refractivity contribution in [2.45, 2.75) is 30.6 Å². The largest absolute Gasteiger partial charge is 0.416 e. The zero-order valence-corrected chi connectivity index (χ0v) is 18.7. The third-order valence-electron chi connectivity index (χ3n) is 5.69. The van der Waals surface area contributed by atoms with Gasteiger partial charge in [-0.2, -0.15) is 17.5 Å². The van der Waals surface area contributed by atoms with E-state index < -0.39 is 27.8 Å². The summed E-state index contributed by atoms with van der Waals surface area (Å²) in [5.74, 6) is -0.242. The van der Waals surface area contributed by atoms with Crippen LogP contribution in [0.2, 0.25) is 0 Å². The zero-order valence-electron chi connectivity index (χ0n) is 17.9. The fraction of sp³-hybridized carbons (Fsp3) is 0.409. The van der Waals surface area contributed by atoms with Gasteiger partial charge < -0.3 is 4.90 Å². The molecule has 0 bridgehead atoms. The smallest absolute Gasteiger partial charge is 0.339 e. The van der Waals surface area contributed by atoms with E-state index in [0.717, 1.165) is 6.07 Å². The number of carbonyl (C=O) groups excluding carboxylic acids is 1. The minimum Gasteiger partial charge on any atom is -0.339 e. The molecule has 0 aliphatic carbocycles. The van der Waals surface area contributed by atoms with E-state index in [1.807, 2.05) is 0 Å². The van der Waals surface area contributed by atoms with E-state index in [-0.39, 0.29) is 49.1 Å². The van der Waals surface area contributed by atoms with Crippen molar-refractivity contribution in [2.75, 3.05) is 33.2 Å². The zero-order chi connectivity index (χ0) is 23.5. The van der Waals surface area contributed by atoms with Crippen molar-refractivity contribution in [2.24, 2.45) is 0 Å². The first-order valence-corrected chi connectivity index (χ1v) is 11.6. The van der Waals surface area contributed by atoms with Crippen LogP contribution >= 0.6 is 0 Å². The number of hydrogen-bond acceptors (Lipinski definition) is 4. The highest BCUT2D eigenvalue weighted by Gasteiger charge is 2.35. The Labute approximate surface area is 186 Å². The Hall–Kier alpha value is -2.43. The Morgan fingerprint density at radius 2 is 1.56 bits per heavy atom. The van der Waals surface area contributed by atoms with Gasteiger partial charge in [-0.25, -0.2) is 8.42 Å². The van der Waals surface area contributed by atoms with Crippen molar-refractivity contribution in [3.63, 3.8) is 0 Å². The summed E-state index contributed by atoms with van der Waals surface area (Å²) in [4.78, 5) is 16.3. The maximum absolute atomic E-state index is 13.3. The molecule has 0 aromatic heterocycles. The molecular formula is C22H26F3N3O3S. The van der Waals surface area contributed by atoms with Crippen molar-refractivity contribution < 1.29 is 26.4 Å². The predicted molar refractivity (Wildman–Crippen MR) is 114 cm³/mol. The molecule has 1 aliphatic rings. The highest BCUT2D eigenvalue weighted by atomic mass is 32.2. The topological polar surface area (TPSA) is 60.9 Å². The molecule has 1 heterocycles. The SMILES string of the molecule is CC(C(=O)N1CCN(S(=O)(=O)c2ccccc2)CC1)N(C)Cc1ccccc1C(F)(F)F. The molecule has 1 saturated heterocycles. The summed E-state index contributed by atoms with van der Waals surface area (Å²) >= 11 is 0. The van der Waals surface area contributed by atoms with E-state index >= 15 is 0 Å². The van der Waals surface area contributed by atoms with Gasteiger partial charge in [0.25, 0.3) is 0 Å². The second kappa shape index (κ2) is 9.60. The first-order chi connectivity index (χ1) is 15.0. The quantitative estimate of drug-likeness (QED) is 0.653. The molecule has 0 spiro atoms. The maximum Gasteiger partial charge on any atom is 0.416 e. The van der Waals surface area contributed by atoms with E-state index in [0.29, 0.717) is 0 Å². The Kier molecular flexibility index (Phi) is 7.26. The van der Waals surface area contributed by atoms with Gasteiger partial charge in [-0.1, -0.05) is 36.4 Å². The van der Waals surface area contributed by atoms with Gasteiger partial charge in [0.05, 0.1) is 16.5 Å². The first kappa shape index (κ1) is 24.2. The van der Waals surface area contributed by atoms with Crippen molar-refractivity contribution in [1.29, 1.82) is 0 Å². The van der Waals surface area contributed by atoms with Crippen LogP contribution in [0.1, 0.15) is 18.1 Å². The average molecular weight is 470 g/mol. The number of amides is 1. The average Bonchev–Trinajstić information content (AvgIpc) is 2.78. The molecule has 174 valence electrons. The van der Waals surface area contributed by atoms with Gasteiger partial charge in [0.2, 0.25) is 15.9 Å². The second-order valence-corrected chi connectivity index (χ2v) is 9.73. The summed E-state index contributed by atoms with van der Waals surface area (Å²) in [6.07, 6.45) is -4.47. The van der Waals surface area contributed by atoms with Crippen molar-refractivity contribution >= 4 is 15.9 Å². The lowest BCUT2D eigenvalue weighted by Crippen LogP contribution is -2.54. The number of piperazine rings is 1. The van der Waals surface area contributed by atoms with Gasteiger partial charge in [-0.15, -0.1) is 0 Å². The molecule has 1 unspecified atom stereocenters. The molecule has 3 rings (SSSR count). The third kappa shape index (κ3) is 5.31. The highest BCUT2D eigenvalue weighted by molar-refractivity contribution is 7.89. The highest BCUT2D eigenvalue weighted by Crippen LogP contribution is 2.32. The lowest BCUT2D eigenvalue weighted by atomic mass is 10.1. The Balaban J connectivity index is 1.62. The Morgan fingerprint density at radius 3 is 2.16 bits per heavy atom. The lowest BCUT2D eigenvalue weighted by molar-refractivity contribution is -0.138. The normalized spacial score (nSPS) is 16.9. The van der Waals surface area contributed by atoms with E-state index in [4.69, 9.17) is 0 Å². The van der Waals surface area contributed by atoms with Gasteiger partial charge in [-0.3, -0.25) is 9.69 Å². The van der Waals surface area contributed by atoms with Crippen LogP contribution in [0, 0.1) is 0 Å². The standard InChI is InChI=1S/C22H26F3N3O3S/c1-17(26(2)16-18-8-6-7-11-20(18)22(23,24)25)21(29)27-12-14-28(15-13-27)32(30,31)19-9-4-3-5-10-19/h3-11,17H,12-16H2,1-2H3. The molecule has 10 heteroatoms. The molecule has 0 N–H and O–H groups in total. The predicted octanol–water partition coefficient (Wildman–Crippen LogP) is 3.06. The van der Waals surface area contributed by atoms with Gasteiger partial charge in [0.15, 0.2) is 0 Å². The molecule has 0 saturated carbocycles. The number of rotatable bonds is 6. The van der Waals surface area contributed by atoms with Crippen LogP contribution in [0.5, 0.6) is 0 Å². The number of benzene rings is 2. The van der Waals surface area contributed by atoms with E-state index in [1.54, 1.807) is 42.0 Å². The number of likely N-dealkylation sites (N-methyl/N-ethyl adjacent to an activating group) is 1. The summed E-state index contributed by atoms with van der Waals surface area (Å²) in [7, 11) is -2.03. The third-order valence-corrected chi connectivity index (χ3v) is 7.61. The molecule has 1 fully saturated rings. The van der Waals surface area contributed by atoms with Crippen LogP contribution in [0.25, 0.3) is 0 Å². The van der Waals surface area contributed by atoms with Crippen LogP contribution in [-0.4, -0.2) is 67.7 Å². The number of carbonyl (C=O) groups is 1.